The van der Waals surface area contributed by atoms with E-state index in [1.54, 1.807) is 24.3 Å². The number of hydrogen-bond acceptors (Lipinski definition) is 0. The van der Waals surface area contributed by atoms with Crippen LogP contribution in [0, 0.1) is 18.8 Å². The maximum absolute atomic E-state index is 13.5. The van der Waals surface area contributed by atoms with Crippen molar-refractivity contribution in [1.29, 1.82) is 0 Å². The molecule has 0 aliphatic carbocycles. The summed E-state index contributed by atoms with van der Waals surface area (Å²) in [4.78, 5) is 0. The average Bonchev–Trinajstić information content (AvgIpc) is 2.19. The number of rotatable bonds is 1. The normalized spacial score (nSPS) is 10.1. The molecule has 2 rings (SSSR count). The highest BCUT2D eigenvalue weighted by molar-refractivity contribution is 5.64. The van der Waals surface area contributed by atoms with E-state index in [-0.39, 0.29) is 5.82 Å². The molecule has 0 aliphatic heterocycles. The fraction of sp³-hybridized carbons (Fsp3) is 0.0769. The van der Waals surface area contributed by atoms with Crippen molar-refractivity contribution in [2.24, 2.45) is 0 Å². The van der Waals surface area contributed by atoms with Crippen molar-refractivity contribution in [3.05, 3.63) is 59.9 Å². The molecule has 0 amide bonds. The van der Waals surface area contributed by atoms with Gasteiger partial charge in [-0.1, -0.05) is 36.4 Å². The van der Waals surface area contributed by atoms with Gasteiger partial charge in [0, 0.05) is 5.56 Å². The molecule has 69 valence electrons. The molecule has 0 saturated heterocycles. The van der Waals surface area contributed by atoms with E-state index < -0.39 is 0 Å². The lowest BCUT2D eigenvalue weighted by atomic mass is 10.0. The molecule has 0 unspecified atom stereocenters. The Morgan fingerprint density at radius 3 is 2.43 bits per heavy atom. The smallest absolute Gasteiger partial charge is 0.131 e. The zero-order chi connectivity index (χ0) is 9.97. The van der Waals surface area contributed by atoms with Gasteiger partial charge in [0.15, 0.2) is 0 Å². The Morgan fingerprint density at radius 1 is 1.07 bits per heavy atom. The van der Waals surface area contributed by atoms with Crippen LogP contribution in [0.4, 0.5) is 4.39 Å². The average molecular weight is 185 g/mol. The van der Waals surface area contributed by atoms with Gasteiger partial charge in [0.05, 0.1) is 0 Å². The molecule has 0 aliphatic rings. The second-order valence-electron chi connectivity index (χ2n) is 3.27. The van der Waals surface area contributed by atoms with Gasteiger partial charge in [-0.15, -0.1) is 0 Å². The molecule has 0 N–H and O–H groups in total. The van der Waals surface area contributed by atoms with Crippen molar-refractivity contribution < 1.29 is 4.39 Å². The van der Waals surface area contributed by atoms with Crippen LogP contribution in [0.3, 0.4) is 0 Å². The molecular formula is C13H10F. The summed E-state index contributed by atoms with van der Waals surface area (Å²) >= 11 is 0. The highest BCUT2D eigenvalue weighted by atomic mass is 19.1. The molecule has 0 bridgehead atoms. The van der Waals surface area contributed by atoms with Gasteiger partial charge in [0.25, 0.3) is 0 Å². The maximum Gasteiger partial charge on any atom is 0.131 e. The second-order valence-corrected chi connectivity index (χ2v) is 3.27. The second kappa shape index (κ2) is 3.62. The Bertz CT molecular complexity index is 432. The Balaban J connectivity index is 2.53. The summed E-state index contributed by atoms with van der Waals surface area (Å²) in [5.41, 5.74) is 2.47. The molecule has 14 heavy (non-hydrogen) atoms. The molecule has 2 aromatic carbocycles. The molecular weight excluding hydrogens is 175 g/mol. The van der Waals surface area contributed by atoms with Gasteiger partial charge in [-0.3, -0.25) is 0 Å². The Hall–Kier alpha value is -1.63. The molecule has 1 heteroatoms. The molecule has 0 heterocycles. The summed E-state index contributed by atoms with van der Waals surface area (Å²) in [5, 5.41) is 0. The van der Waals surface area contributed by atoms with E-state index in [9.17, 15) is 4.39 Å². The van der Waals surface area contributed by atoms with Gasteiger partial charge in [-0.25, -0.2) is 4.39 Å². The summed E-state index contributed by atoms with van der Waals surface area (Å²) in [6.07, 6.45) is 0. The predicted octanol–water partition coefficient (Wildman–Crippen LogP) is 3.60. The molecule has 0 saturated carbocycles. The zero-order valence-electron chi connectivity index (χ0n) is 7.92. The van der Waals surface area contributed by atoms with Gasteiger partial charge in [-0.05, 0) is 30.2 Å². The Morgan fingerprint density at radius 2 is 1.79 bits per heavy atom. The summed E-state index contributed by atoms with van der Waals surface area (Å²) in [6.45, 7) is 1.88. The van der Waals surface area contributed by atoms with Crippen molar-refractivity contribution in [2.75, 3.05) is 0 Å². The minimum absolute atomic E-state index is 0.170. The number of aryl methyl sites for hydroxylation is 1. The highest BCUT2D eigenvalue weighted by Crippen LogP contribution is 2.22. The first-order chi connectivity index (χ1) is 6.77. The van der Waals surface area contributed by atoms with Crippen LogP contribution in [0.5, 0.6) is 0 Å². The lowest BCUT2D eigenvalue weighted by Crippen LogP contribution is -1.84. The maximum atomic E-state index is 13.5. The van der Waals surface area contributed by atoms with Crippen LogP contribution in [0.1, 0.15) is 5.56 Å². The fourth-order valence-electron chi connectivity index (χ4n) is 1.42. The van der Waals surface area contributed by atoms with E-state index in [0.717, 1.165) is 11.1 Å². The van der Waals surface area contributed by atoms with Crippen molar-refractivity contribution in [3.63, 3.8) is 0 Å². The molecule has 1 radical (unpaired) electrons. The lowest BCUT2D eigenvalue weighted by Gasteiger charge is -2.03. The van der Waals surface area contributed by atoms with Crippen molar-refractivity contribution in [3.8, 4) is 11.1 Å². The third-order valence-electron chi connectivity index (χ3n) is 2.15. The largest absolute Gasteiger partial charge is 0.206 e. The fourth-order valence-corrected chi connectivity index (χ4v) is 1.42. The van der Waals surface area contributed by atoms with Crippen LogP contribution in [0.25, 0.3) is 11.1 Å². The molecule has 0 atom stereocenters. The first-order valence-corrected chi connectivity index (χ1v) is 4.50. The van der Waals surface area contributed by atoms with E-state index in [4.69, 9.17) is 0 Å². The first-order valence-electron chi connectivity index (χ1n) is 4.50. The summed E-state index contributed by atoms with van der Waals surface area (Å²) in [6, 6.07) is 15.5. The topological polar surface area (TPSA) is 0 Å². The van der Waals surface area contributed by atoms with E-state index in [1.807, 2.05) is 25.1 Å². The van der Waals surface area contributed by atoms with E-state index in [0.29, 0.717) is 5.56 Å². The quantitative estimate of drug-likeness (QED) is 0.636. The number of halogens is 1. The van der Waals surface area contributed by atoms with Crippen LogP contribution in [-0.4, -0.2) is 0 Å². The minimum Gasteiger partial charge on any atom is -0.206 e. The third-order valence-corrected chi connectivity index (χ3v) is 2.15. The summed E-state index contributed by atoms with van der Waals surface area (Å²) < 4.78 is 13.5. The summed E-state index contributed by atoms with van der Waals surface area (Å²) in [7, 11) is 0. The van der Waals surface area contributed by atoms with Gasteiger partial charge in [0.1, 0.15) is 5.82 Å². The van der Waals surface area contributed by atoms with Crippen LogP contribution in [-0.2, 0) is 0 Å². The predicted molar refractivity (Wildman–Crippen MR) is 55.4 cm³/mol. The molecule has 0 fully saturated rings. The van der Waals surface area contributed by atoms with Crippen molar-refractivity contribution in [2.45, 2.75) is 6.92 Å². The van der Waals surface area contributed by atoms with Crippen molar-refractivity contribution in [1.82, 2.24) is 0 Å². The van der Waals surface area contributed by atoms with Crippen molar-refractivity contribution >= 4 is 0 Å². The lowest BCUT2D eigenvalue weighted by molar-refractivity contribution is 0.630. The Labute approximate surface area is 83.0 Å². The number of hydrogen-bond donors (Lipinski definition) is 0. The Kier molecular flexibility index (Phi) is 2.32. The first kappa shape index (κ1) is 8.95. The van der Waals surface area contributed by atoms with E-state index in [2.05, 4.69) is 6.07 Å². The molecule has 0 aromatic heterocycles. The zero-order valence-corrected chi connectivity index (χ0v) is 7.92. The van der Waals surface area contributed by atoms with Gasteiger partial charge < -0.3 is 0 Å². The van der Waals surface area contributed by atoms with Gasteiger partial charge in [-0.2, -0.15) is 0 Å². The number of benzene rings is 2. The minimum atomic E-state index is -0.170. The van der Waals surface area contributed by atoms with Gasteiger partial charge in [0.2, 0.25) is 0 Å². The van der Waals surface area contributed by atoms with Crippen LogP contribution >= 0.6 is 0 Å². The standard InChI is InChI=1S/C13H10F/c1-10-7-8-12(13(14)9-10)11-5-3-2-4-6-11/h3-9H,1H3. The summed E-state index contributed by atoms with van der Waals surface area (Å²) in [5.74, 6) is -0.170. The van der Waals surface area contributed by atoms with Crippen LogP contribution in [0.2, 0.25) is 0 Å². The van der Waals surface area contributed by atoms with E-state index >= 15 is 0 Å². The monoisotopic (exact) mass is 185 g/mol. The molecule has 2 aromatic rings. The van der Waals surface area contributed by atoms with E-state index in [1.165, 1.54) is 0 Å². The third kappa shape index (κ3) is 1.67. The SMILES string of the molecule is Cc1ccc(-c2cc[c]cc2)c(F)c1. The molecule has 0 nitrogen and oxygen atoms in total. The van der Waals surface area contributed by atoms with Crippen LogP contribution in [0.15, 0.2) is 42.5 Å². The van der Waals surface area contributed by atoms with Gasteiger partial charge >= 0.3 is 0 Å². The highest BCUT2D eigenvalue weighted by Gasteiger charge is 2.03. The van der Waals surface area contributed by atoms with Crippen LogP contribution < -0.4 is 0 Å². The molecule has 0 spiro atoms.